The molecule has 0 saturated heterocycles. The Morgan fingerprint density at radius 2 is 2.06 bits per heavy atom. The molecule has 4 heteroatoms. The van der Waals surface area contributed by atoms with E-state index in [1.165, 1.54) is 19.3 Å². The zero-order chi connectivity index (χ0) is 12.7. The molecule has 0 aliphatic heterocycles. The Morgan fingerprint density at radius 1 is 1.29 bits per heavy atom. The van der Waals surface area contributed by atoms with Gasteiger partial charge in [-0.05, 0) is 12.3 Å². The van der Waals surface area contributed by atoms with Gasteiger partial charge in [0.25, 0.3) is 0 Å². The molecule has 0 aliphatic rings. The smallest absolute Gasteiger partial charge is 0.134 e. The normalized spacial score (nSPS) is 10.9. The van der Waals surface area contributed by atoms with Crippen molar-refractivity contribution in [2.24, 2.45) is 5.92 Å². The summed E-state index contributed by atoms with van der Waals surface area (Å²) in [6.07, 6.45) is 4.51. The predicted octanol–water partition coefficient (Wildman–Crippen LogP) is 3.93. The van der Waals surface area contributed by atoms with E-state index in [0.717, 1.165) is 30.5 Å². The number of aromatic nitrogens is 2. The second kappa shape index (κ2) is 7.49. The number of nitrogens with one attached hydrogen (secondary N) is 1. The van der Waals surface area contributed by atoms with Crippen molar-refractivity contribution in [3.8, 4) is 0 Å². The minimum Gasteiger partial charge on any atom is -0.370 e. The number of anilines is 1. The second-order valence-electron chi connectivity index (χ2n) is 4.66. The fraction of sp³-hybridized carbons (Fsp3) is 0.692. The average Bonchev–Trinajstić information content (AvgIpc) is 2.27. The fourth-order valence-corrected chi connectivity index (χ4v) is 1.81. The van der Waals surface area contributed by atoms with Gasteiger partial charge in [0, 0.05) is 19.0 Å². The molecule has 0 unspecified atom stereocenters. The van der Waals surface area contributed by atoms with Crippen molar-refractivity contribution in [2.75, 3.05) is 11.9 Å². The molecule has 0 aliphatic carbocycles. The van der Waals surface area contributed by atoms with Crippen LogP contribution in [0.4, 0.5) is 5.82 Å². The molecule has 0 spiro atoms. The summed E-state index contributed by atoms with van der Waals surface area (Å²) in [4.78, 5) is 8.51. The maximum Gasteiger partial charge on any atom is 0.134 e. The molecule has 1 heterocycles. The van der Waals surface area contributed by atoms with Gasteiger partial charge >= 0.3 is 0 Å². The van der Waals surface area contributed by atoms with Crippen molar-refractivity contribution < 1.29 is 0 Å². The summed E-state index contributed by atoms with van der Waals surface area (Å²) in [5.74, 6) is 2.42. The van der Waals surface area contributed by atoms with Crippen LogP contribution in [0.3, 0.4) is 0 Å². The van der Waals surface area contributed by atoms with E-state index in [-0.39, 0.29) is 0 Å². The molecule has 0 radical (unpaired) electrons. The Hall–Kier alpha value is -0.830. The van der Waals surface area contributed by atoms with Crippen molar-refractivity contribution >= 4 is 17.4 Å². The van der Waals surface area contributed by atoms with E-state index < -0.39 is 0 Å². The van der Waals surface area contributed by atoms with Gasteiger partial charge in [-0.15, -0.1) is 0 Å². The van der Waals surface area contributed by atoms with Gasteiger partial charge in [0.05, 0.1) is 0 Å². The monoisotopic (exact) mass is 255 g/mol. The van der Waals surface area contributed by atoms with Crippen molar-refractivity contribution in [2.45, 2.75) is 46.5 Å². The summed E-state index contributed by atoms with van der Waals surface area (Å²) >= 11 is 5.92. The number of rotatable bonds is 7. The molecule has 3 nitrogen and oxygen atoms in total. The third-order valence-electron chi connectivity index (χ3n) is 2.57. The molecule has 17 heavy (non-hydrogen) atoms. The van der Waals surface area contributed by atoms with Crippen LogP contribution in [-0.2, 0) is 6.42 Å². The maximum atomic E-state index is 5.92. The molecule has 0 amide bonds. The lowest BCUT2D eigenvalue weighted by Gasteiger charge is -2.08. The summed E-state index contributed by atoms with van der Waals surface area (Å²) in [5, 5.41) is 3.81. The van der Waals surface area contributed by atoms with Crippen LogP contribution >= 0.6 is 11.6 Å². The van der Waals surface area contributed by atoms with E-state index in [1.807, 2.05) is 6.92 Å². The number of aryl methyl sites for hydroxylation is 1. The topological polar surface area (TPSA) is 37.8 Å². The van der Waals surface area contributed by atoms with E-state index in [1.54, 1.807) is 6.07 Å². The molecule has 0 saturated carbocycles. The van der Waals surface area contributed by atoms with Gasteiger partial charge in [-0.1, -0.05) is 45.2 Å². The Balaban J connectivity index is 2.33. The highest BCUT2D eigenvalue weighted by Crippen LogP contribution is 2.12. The van der Waals surface area contributed by atoms with Gasteiger partial charge in [0.1, 0.15) is 16.8 Å². The molecule has 1 rings (SSSR count). The predicted molar refractivity (Wildman–Crippen MR) is 73.6 cm³/mol. The van der Waals surface area contributed by atoms with Gasteiger partial charge in [-0.2, -0.15) is 0 Å². The van der Waals surface area contributed by atoms with Gasteiger partial charge in [-0.3, -0.25) is 0 Å². The molecule has 0 bridgehead atoms. The summed E-state index contributed by atoms with van der Waals surface area (Å²) in [7, 11) is 0. The lowest BCUT2D eigenvalue weighted by molar-refractivity contribution is 0.544. The highest BCUT2D eigenvalue weighted by Gasteiger charge is 2.01. The summed E-state index contributed by atoms with van der Waals surface area (Å²) < 4.78 is 0. The SMILES string of the molecule is CCc1nc(Cl)cc(NCCCCC(C)C)n1. The van der Waals surface area contributed by atoms with Crippen LogP contribution < -0.4 is 5.32 Å². The highest BCUT2D eigenvalue weighted by molar-refractivity contribution is 6.29. The maximum absolute atomic E-state index is 5.92. The van der Waals surface area contributed by atoms with E-state index in [2.05, 4.69) is 29.1 Å². The molecular formula is C13H22ClN3. The number of unbranched alkanes of at least 4 members (excludes halogenated alkanes) is 1. The minimum atomic E-state index is 0.515. The first-order chi connectivity index (χ1) is 8.11. The molecule has 1 aromatic heterocycles. The summed E-state index contributed by atoms with van der Waals surface area (Å²) in [5.41, 5.74) is 0. The number of hydrogen-bond donors (Lipinski definition) is 1. The van der Waals surface area contributed by atoms with E-state index in [4.69, 9.17) is 11.6 Å². The Morgan fingerprint density at radius 3 is 2.71 bits per heavy atom. The quantitative estimate of drug-likeness (QED) is 0.593. The van der Waals surface area contributed by atoms with Gasteiger partial charge in [0.2, 0.25) is 0 Å². The third-order valence-corrected chi connectivity index (χ3v) is 2.77. The third kappa shape index (κ3) is 5.87. The first-order valence-corrected chi connectivity index (χ1v) is 6.77. The Labute approximate surface area is 109 Å². The molecule has 96 valence electrons. The van der Waals surface area contributed by atoms with Gasteiger partial charge in [0.15, 0.2) is 0 Å². The van der Waals surface area contributed by atoms with Crippen molar-refractivity contribution in [1.82, 2.24) is 9.97 Å². The first kappa shape index (κ1) is 14.2. The van der Waals surface area contributed by atoms with Crippen LogP contribution in [0.5, 0.6) is 0 Å². The molecule has 0 aromatic carbocycles. The lowest BCUT2D eigenvalue weighted by Crippen LogP contribution is -2.06. The second-order valence-corrected chi connectivity index (χ2v) is 5.05. The van der Waals surface area contributed by atoms with Crippen molar-refractivity contribution in [1.29, 1.82) is 0 Å². The van der Waals surface area contributed by atoms with Gasteiger partial charge < -0.3 is 5.32 Å². The number of nitrogens with zero attached hydrogens (tertiary/aromatic N) is 2. The van der Waals surface area contributed by atoms with Crippen LogP contribution in [0.15, 0.2) is 6.07 Å². The van der Waals surface area contributed by atoms with E-state index in [0.29, 0.717) is 5.15 Å². The van der Waals surface area contributed by atoms with Crippen LogP contribution in [0, 0.1) is 5.92 Å². The molecule has 1 N–H and O–H groups in total. The lowest BCUT2D eigenvalue weighted by atomic mass is 10.1. The van der Waals surface area contributed by atoms with Crippen LogP contribution in [-0.4, -0.2) is 16.5 Å². The largest absolute Gasteiger partial charge is 0.370 e. The van der Waals surface area contributed by atoms with Crippen LogP contribution in [0.25, 0.3) is 0 Å². The first-order valence-electron chi connectivity index (χ1n) is 6.39. The standard InChI is InChI=1S/C13H22ClN3/c1-4-12-16-11(14)9-13(17-12)15-8-6-5-7-10(2)3/h9-10H,4-8H2,1-3H3,(H,15,16,17). The van der Waals surface area contributed by atoms with Crippen molar-refractivity contribution in [3.05, 3.63) is 17.0 Å². The highest BCUT2D eigenvalue weighted by atomic mass is 35.5. The number of hydrogen-bond acceptors (Lipinski definition) is 3. The van der Waals surface area contributed by atoms with Gasteiger partial charge in [-0.25, -0.2) is 9.97 Å². The Bertz CT molecular complexity index is 339. The zero-order valence-corrected chi connectivity index (χ0v) is 11.7. The Kier molecular flexibility index (Phi) is 6.27. The number of halogens is 1. The molecule has 1 aromatic rings. The van der Waals surface area contributed by atoms with Crippen molar-refractivity contribution in [3.63, 3.8) is 0 Å². The molecule has 0 atom stereocenters. The fourth-order valence-electron chi connectivity index (χ4n) is 1.61. The van der Waals surface area contributed by atoms with E-state index in [9.17, 15) is 0 Å². The average molecular weight is 256 g/mol. The van der Waals surface area contributed by atoms with Crippen LogP contribution in [0.2, 0.25) is 5.15 Å². The summed E-state index contributed by atoms with van der Waals surface area (Å²) in [6, 6.07) is 1.78. The molecular weight excluding hydrogens is 234 g/mol. The zero-order valence-electron chi connectivity index (χ0n) is 11.0. The summed E-state index contributed by atoms with van der Waals surface area (Å²) in [6.45, 7) is 7.48. The molecule has 0 fully saturated rings. The minimum absolute atomic E-state index is 0.515. The van der Waals surface area contributed by atoms with Crippen LogP contribution in [0.1, 0.15) is 45.9 Å². The van der Waals surface area contributed by atoms with E-state index >= 15 is 0 Å².